The lowest BCUT2D eigenvalue weighted by Gasteiger charge is -2.36. The fraction of sp³-hybridized carbons (Fsp3) is 0.407. The molecule has 4 rings (SSSR count). The van der Waals surface area contributed by atoms with Gasteiger partial charge in [0.05, 0.1) is 25.4 Å². The van der Waals surface area contributed by atoms with Gasteiger partial charge in [0.1, 0.15) is 0 Å². The van der Waals surface area contributed by atoms with Crippen molar-refractivity contribution in [3.05, 3.63) is 65.1 Å². The van der Waals surface area contributed by atoms with Crippen LogP contribution in [0.4, 0.5) is 0 Å². The fourth-order valence-corrected chi connectivity index (χ4v) is 4.80. The van der Waals surface area contributed by atoms with Crippen LogP contribution in [0.25, 0.3) is 11.3 Å². The maximum Gasteiger partial charge on any atom is 0.223 e. The molecule has 1 aromatic heterocycles. The normalized spacial score (nSPS) is 15.9. The zero-order valence-corrected chi connectivity index (χ0v) is 20.5. The van der Waals surface area contributed by atoms with Gasteiger partial charge in [-0.1, -0.05) is 29.8 Å². The van der Waals surface area contributed by atoms with E-state index in [-0.39, 0.29) is 11.9 Å². The van der Waals surface area contributed by atoms with Crippen LogP contribution in [0, 0.1) is 0 Å². The number of oxazole rings is 1. The summed E-state index contributed by atoms with van der Waals surface area (Å²) in [6.07, 6.45) is 7.59. The number of halogens is 1. The molecule has 0 bridgehead atoms. The minimum Gasteiger partial charge on any atom is -0.493 e. The van der Waals surface area contributed by atoms with E-state index in [0.717, 1.165) is 55.7 Å². The number of hydrogen-bond donors (Lipinski definition) is 0. The number of methoxy groups -OCH3 is 2. The van der Waals surface area contributed by atoms with E-state index >= 15 is 0 Å². The van der Waals surface area contributed by atoms with Crippen LogP contribution in [-0.4, -0.2) is 42.6 Å². The Morgan fingerprint density at radius 3 is 2.74 bits per heavy atom. The van der Waals surface area contributed by atoms with Crippen LogP contribution in [0.3, 0.4) is 0 Å². The smallest absolute Gasteiger partial charge is 0.223 e. The first kappa shape index (κ1) is 24.1. The minimum atomic E-state index is 0.162. The average molecular weight is 483 g/mol. The molecule has 0 radical (unpaired) electrons. The van der Waals surface area contributed by atoms with Gasteiger partial charge in [0, 0.05) is 31.0 Å². The second-order valence-electron chi connectivity index (χ2n) is 8.56. The summed E-state index contributed by atoms with van der Waals surface area (Å²) in [6, 6.07) is 13.8. The third kappa shape index (κ3) is 5.73. The van der Waals surface area contributed by atoms with Gasteiger partial charge < -0.3 is 18.8 Å². The Morgan fingerprint density at radius 2 is 1.94 bits per heavy atom. The van der Waals surface area contributed by atoms with Gasteiger partial charge in [0.2, 0.25) is 5.91 Å². The number of carbonyl (C=O) groups is 1. The van der Waals surface area contributed by atoms with Crippen molar-refractivity contribution in [2.24, 2.45) is 0 Å². The summed E-state index contributed by atoms with van der Waals surface area (Å²) in [4.78, 5) is 19.5. The maximum absolute atomic E-state index is 13.1. The minimum absolute atomic E-state index is 0.162. The molecule has 2 heterocycles. The predicted octanol–water partition coefficient (Wildman–Crippen LogP) is 5.96. The SMILES string of the molecule is COc1ccc(CCC2CCCCN2C(=O)CCc2ncc(-c3ccccc3Cl)o2)cc1OC. The molecule has 1 amide bonds. The van der Waals surface area contributed by atoms with Crippen molar-refractivity contribution < 1.29 is 18.7 Å². The highest BCUT2D eigenvalue weighted by atomic mass is 35.5. The molecule has 1 saturated heterocycles. The topological polar surface area (TPSA) is 64.8 Å². The Hall–Kier alpha value is -2.99. The Labute approximate surface area is 205 Å². The second kappa shape index (κ2) is 11.4. The molecule has 180 valence electrons. The quantitative estimate of drug-likeness (QED) is 0.376. The molecule has 1 aliphatic heterocycles. The summed E-state index contributed by atoms with van der Waals surface area (Å²) in [6.45, 7) is 0.811. The van der Waals surface area contributed by atoms with Gasteiger partial charge >= 0.3 is 0 Å². The van der Waals surface area contributed by atoms with Gasteiger partial charge in [-0.3, -0.25) is 4.79 Å². The molecular weight excluding hydrogens is 452 g/mol. The van der Waals surface area contributed by atoms with Gasteiger partial charge in [0.15, 0.2) is 23.1 Å². The summed E-state index contributed by atoms with van der Waals surface area (Å²) in [5.74, 6) is 2.80. The van der Waals surface area contributed by atoms with Crippen molar-refractivity contribution >= 4 is 17.5 Å². The number of hydrogen-bond acceptors (Lipinski definition) is 5. The van der Waals surface area contributed by atoms with Crippen LogP contribution >= 0.6 is 11.6 Å². The monoisotopic (exact) mass is 482 g/mol. The molecule has 1 fully saturated rings. The molecule has 0 N–H and O–H groups in total. The first-order valence-corrected chi connectivity index (χ1v) is 12.2. The maximum atomic E-state index is 13.1. The third-order valence-electron chi connectivity index (χ3n) is 6.41. The summed E-state index contributed by atoms with van der Waals surface area (Å²) in [7, 11) is 3.29. The Morgan fingerprint density at radius 1 is 1.12 bits per heavy atom. The molecule has 1 aliphatic rings. The van der Waals surface area contributed by atoms with Crippen molar-refractivity contribution in [2.75, 3.05) is 20.8 Å². The van der Waals surface area contributed by atoms with E-state index in [9.17, 15) is 4.79 Å². The van der Waals surface area contributed by atoms with Gasteiger partial charge in [-0.2, -0.15) is 0 Å². The largest absolute Gasteiger partial charge is 0.493 e. The van der Waals surface area contributed by atoms with Crippen molar-refractivity contribution in [2.45, 2.75) is 51.0 Å². The van der Waals surface area contributed by atoms with Crippen molar-refractivity contribution in [3.63, 3.8) is 0 Å². The molecule has 34 heavy (non-hydrogen) atoms. The molecule has 2 aromatic carbocycles. The Bertz CT molecular complexity index is 1110. The molecule has 0 aliphatic carbocycles. The number of amides is 1. The zero-order chi connectivity index (χ0) is 23.9. The van der Waals surface area contributed by atoms with Crippen LogP contribution in [0.15, 0.2) is 53.1 Å². The number of aromatic nitrogens is 1. The molecule has 1 unspecified atom stereocenters. The number of aryl methyl sites for hydroxylation is 2. The third-order valence-corrected chi connectivity index (χ3v) is 6.74. The van der Waals surface area contributed by atoms with Crippen LogP contribution < -0.4 is 9.47 Å². The summed E-state index contributed by atoms with van der Waals surface area (Å²) in [5, 5.41) is 0.618. The van der Waals surface area contributed by atoms with E-state index in [4.69, 9.17) is 25.5 Å². The summed E-state index contributed by atoms with van der Waals surface area (Å²) < 4.78 is 16.6. The number of carbonyl (C=O) groups excluding carboxylic acids is 1. The highest BCUT2D eigenvalue weighted by molar-refractivity contribution is 6.33. The molecular formula is C27H31ClN2O4. The van der Waals surface area contributed by atoms with Crippen molar-refractivity contribution in [1.82, 2.24) is 9.88 Å². The number of rotatable bonds is 9. The fourth-order valence-electron chi connectivity index (χ4n) is 4.57. The molecule has 1 atom stereocenters. The van der Waals surface area contributed by atoms with Gasteiger partial charge in [-0.15, -0.1) is 0 Å². The van der Waals surface area contributed by atoms with E-state index < -0.39 is 0 Å². The molecule has 0 saturated carbocycles. The first-order valence-electron chi connectivity index (χ1n) is 11.8. The van der Waals surface area contributed by atoms with Gasteiger partial charge in [-0.05, 0) is 61.9 Å². The number of piperidine rings is 1. The van der Waals surface area contributed by atoms with Crippen molar-refractivity contribution in [3.8, 4) is 22.8 Å². The van der Waals surface area contributed by atoms with Crippen LogP contribution in [0.1, 0.15) is 43.6 Å². The summed E-state index contributed by atoms with van der Waals surface area (Å²) >= 11 is 6.26. The lowest BCUT2D eigenvalue weighted by Crippen LogP contribution is -2.44. The van der Waals surface area contributed by atoms with Crippen molar-refractivity contribution in [1.29, 1.82) is 0 Å². The van der Waals surface area contributed by atoms with Crippen LogP contribution in [0.5, 0.6) is 11.5 Å². The van der Waals surface area contributed by atoms with E-state index in [1.54, 1.807) is 20.4 Å². The number of ether oxygens (including phenoxy) is 2. The van der Waals surface area contributed by atoms with Gasteiger partial charge in [0.25, 0.3) is 0 Å². The number of benzene rings is 2. The number of likely N-dealkylation sites (tertiary alicyclic amines) is 1. The van der Waals surface area contributed by atoms with Crippen LogP contribution in [0.2, 0.25) is 5.02 Å². The van der Waals surface area contributed by atoms with Crippen LogP contribution in [-0.2, 0) is 17.6 Å². The lowest BCUT2D eigenvalue weighted by atomic mass is 9.95. The van der Waals surface area contributed by atoms with E-state index in [1.165, 1.54) is 5.56 Å². The predicted molar refractivity (Wildman–Crippen MR) is 132 cm³/mol. The average Bonchev–Trinajstić information content (AvgIpc) is 3.35. The highest BCUT2D eigenvalue weighted by Gasteiger charge is 2.26. The van der Waals surface area contributed by atoms with E-state index in [2.05, 4.69) is 16.0 Å². The number of nitrogens with zero attached hydrogens (tertiary/aromatic N) is 2. The second-order valence-corrected chi connectivity index (χ2v) is 8.97. The standard InChI is InChI=1S/C27H31ClN2O4/c1-32-23-13-11-19(17-24(23)33-2)10-12-20-7-5-6-16-30(20)27(31)15-14-26-29-18-25(34-26)21-8-3-4-9-22(21)28/h3-4,8-9,11,13,17-18,20H,5-7,10,12,14-16H2,1-2H3. The van der Waals surface area contributed by atoms with E-state index in [1.807, 2.05) is 36.4 Å². The molecule has 3 aromatic rings. The van der Waals surface area contributed by atoms with E-state index in [0.29, 0.717) is 29.5 Å². The lowest BCUT2D eigenvalue weighted by molar-refractivity contribution is -0.135. The Kier molecular flexibility index (Phi) is 8.12. The molecule has 6 nitrogen and oxygen atoms in total. The zero-order valence-electron chi connectivity index (χ0n) is 19.8. The first-order chi connectivity index (χ1) is 16.6. The summed E-state index contributed by atoms with van der Waals surface area (Å²) in [5.41, 5.74) is 1.99. The Balaban J connectivity index is 1.34. The highest BCUT2D eigenvalue weighted by Crippen LogP contribution is 2.30. The van der Waals surface area contributed by atoms with Gasteiger partial charge in [-0.25, -0.2) is 4.98 Å². The molecule has 7 heteroatoms. The molecule has 0 spiro atoms.